The van der Waals surface area contributed by atoms with Gasteiger partial charge in [-0.1, -0.05) is 30.0 Å². The second kappa shape index (κ2) is 13.6. The van der Waals surface area contributed by atoms with Crippen molar-refractivity contribution < 1.29 is 42.3 Å². The van der Waals surface area contributed by atoms with Crippen molar-refractivity contribution in [2.45, 2.75) is 24.9 Å². The third-order valence-electron chi connectivity index (χ3n) is 6.47. The molecule has 3 aromatic rings. The van der Waals surface area contributed by atoms with Crippen molar-refractivity contribution in [3.8, 4) is 17.2 Å². The minimum atomic E-state index is -4.40. The van der Waals surface area contributed by atoms with Crippen molar-refractivity contribution in [3.05, 3.63) is 106 Å². The van der Waals surface area contributed by atoms with Crippen LogP contribution in [0.2, 0.25) is 0 Å². The molecule has 0 aliphatic carbocycles. The third-order valence-corrected chi connectivity index (χ3v) is 9.01. The van der Waals surface area contributed by atoms with Gasteiger partial charge in [0.15, 0.2) is 11.7 Å². The summed E-state index contributed by atoms with van der Waals surface area (Å²) < 4.78 is 40.3. The molecular weight excluding hydrogens is 649 g/mol. The number of carbonyl (C=O) groups excluding carboxylic acids is 2. The molecule has 2 heterocycles. The molecule has 3 atom stereocenters. The molecule has 2 aliphatic rings. The summed E-state index contributed by atoms with van der Waals surface area (Å²) in [5.74, 6) is -0.555. The number of carbonyl (C=O) groups is 2. The molecule has 13 nitrogen and oxygen atoms in total. The molecule has 3 unspecified atom stereocenters. The van der Waals surface area contributed by atoms with Gasteiger partial charge in [-0.05, 0) is 61.0 Å². The highest BCUT2D eigenvalue weighted by atomic mass is 35.7. The molecule has 234 valence electrons. The van der Waals surface area contributed by atoms with Gasteiger partial charge in [-0.3, -0.25) is 24.8 Å². The number of likely N-dealkylation sites (tertiary alicyclic amines) is 1. The first-order chi connectivity index (χ1) is 21.5. The molecule has 1 fully saturated rings. The van der Waals surface area contributed by atoms with E-state index in [4.69, 9.17) is 34.5 Å². The molecule has 3 aromatic carbocycles. The number of allylic oxidation sites excluding steroid dienone is 1. The Balaban J connectivity index is 1.34. The number of methoxy groups -OCH3 is 1. The molecule has 0 aromatic heterocycles. The van der Waals surface area contributed by atoms with E-state index in [-0.39, 0.29) is 36.1 Å². The standard InChI is InChI=1S/C29H25ClN3O10PS/c1-18(42-44(30,38)43-23-14-12-21(39-2)13-15-23)26(29(35)41-16-19-8-10-20(11-9-19)33(36)37)32-27(34)25-28(32)45-24(31-25)17-40-22-6-4-3-5-7-22/h3-15,25,28H,16-17H2,1-2H3. The highest BCUT2D eigenvalue weighted by molar-refractivity contribution is 8.15. The minimum absolute atomic E-state index is 0.104. The molecule has 45 heavy (non-hydrogen) atoms. The molecule has 0 saturated carbocycles. The molecule has 1 saturated heterocycles. The number of hydrogen-bond donors (Lipinski definition) is 0. The molecule has 0 radical (unpaired) electrons. The summed E-state index contributed by atoms with van der Waals surface area (Å²) in [6.45, 7) is -3.28. The maximum absolute atomic E-state index is 13.5. The van der Waals surface area contributed by atoms with E-state index < -0.39 is 35.2 Å². The van der Waals surface area contributed by atoms with Crippen molar-refractivity contribution >= 4 is 52.6 Å². The Morgan fingerprint density at radius 1 is 1.02 bits per heavy atom. The first-order valence-corrected chi connectivity index (χ1v) is 16.6. The van der Waals surface area contributed by atoms with Crippen molar-refractivity contribution in [2.75, 3.05) is 13.7 Å². The number of benzene rings is 3. The monoisotopic (exact) mass is 673 g/mol. The second-order valence-corrected chi connectivity index (χ2v) is 13.1. The topological polar surface area (TPSA) is 156 Å². The van der Waals surface area contributed by atoms with Crippen LogP contribution in [0.25, 0.3) is 0 Å². The fourth-order valence-corrected chi connectivity index (χ4v) is 6.89. The minimum Gasteiger partial charge on any atom is -0.497 e. The van der Waals surface area contributed by atoms with Crippen LogP contribution in [-0.2, 0) is 30.0 Å². The first-order valence-electron chi connectivity index (χ1n) is 13.2. The van der Waals surface area contributed by atoms with E-state index in [0.717, 1.165) is 4.90 Å². The summed E-state index contributed by atoms with van der Waals surface area (Å²) in [6, 6.07) is 19.7. The van der Waals surface area contributed by atoms with E-state index in [9.17, 15) is 24.3 Å². The van der Waals surface area contributed by atoms with Crippen LogP contribution in [0.15, 0.2) is 95.3 Å². The first kappa shape index (κ1) is 31.9. The average Bonchev–Trinajstić information content (AvgIpc) is 3.41. The summed E-state index contributed by atoms with van der Waals surface area (Å²) in [5, 5.41) is 10.9. The normalized spacial score (nSPS) is 18.8. The van der Waals surface area contributed by atoms with Crippen LogP contribution in [0.5, 0.6) is 17.2 Å². The number of aliphatic imine (C=N–C) groups is 1. The van der Waals surface area contributed by atoms with E-state index in [1.165, 1.54) is 62.2 Å². The van der Waals surface area contributed by atoms with Crippen LogP contribution < -0.4 is 14.0 Å². The fourth-order valence-electron chi connectivity index (χ4n) is 4.31. The second-order valence-electron chi connectivity index (χ2n) is 9.48. The Hall–Kier alpha value is -4.52. The summed E-state index contributed by atoms with van der Waals surface area (Å²) in [4.78, 5) is 42.8. The zero-order valence-electron chi connectivity index (χ0n) is 23.7. The van der Waals surface area contributed by atoms with E-state index in [1.54, 1.807) is 24.3 Å². The molecule has 16 heteroatoms. The number of esters is 1. The molecule has 0 N–H and O–H groups in total. The van der Waals surface area contributed by atoms with E-state index in [1.807, 2.05) is 18.2 Å². The van der Waals surface area contributed by atoms with Gasteiger partial charge in [-0.15, -0.1) is 0 Å². The largest absolute Gasteiger partial charge is 0.530 e. The average molecular weight is 674 g/mol. The molecule has 0 bridgehead atoms. The molecule has 1 amide bonds. The van der Waals surface area contributed by atoms with Gasteiger partial charge in [0, 0.05) is 23.4 Å². The Labute approximate surface area is 266 Å². The molecule has 0 spiro atoms. The van der Waals surface area contributed by atoms with Gasteiger partial charge >= 0.3 is 12.9 Å². The summed E-state index contributed by atoms with van der Waals surface area (Å²) in [7, 11) is 1.48. The maximum atomic E-state index is 13.5. The molecular formula is C29H25ClN3O10PS. The number of ether oxygens (including phenoxy) is 3. The predicted octanol–water partition coefficient (Wildman–Crippen LogP) is 6.08. The van der Waals surface area contributed by atoms with Crippen LogP contribution in [-0.4, -0.2) is 51.9 Å². The number of non-ortho nitro benzene ring substituents is 1. The smallest absolute Gasteiger partial charge is 0.497 e. The van der Waals surface area contributed by atoms with Crippen molar-refractivity contribution in [1.82, 2.24) is 4.90 Å². The van der Waals surface area contributed by atoms with Gasteiger partial charge in [0.1, 0.15) is 46.6 Å². The summed E-state index contributed by atoms with van der Waals surface area (Å²) in [6.07, 6.45) is 0. The number of nitro groups is 1. The highest BCUT2D eigenvalue weighted by Crippen LogP contribution is 2.56. The number of β-lactam (4-membered cyclic amide) rings is 1. The van der Waals surface area contributed by atoms with Crippen molar-refractivity contribution in [2.24, 2.45) is 4.99 Å². The van der Waals surface area contributed by atoms with Crippen LogP contribution in [0.1, 0.15) is 12.5 Å². The van der Waals surface area contributed by atoms with E-state index in [2.05, 4.69) is 4.99 Å². The lowest BCUT2D eigenvalue weighted by Crippen LogP contribution is -2.61. The number of fused-ring (bicyclic) bond motifs is 1. The van der Waals surface area contributed by atoms with Gasteiger partial charge in [0.2, 0.25) is 0 Å². The van der Waals surface area contributed by atoms with Gasteiger partial charge in [-0.25, -0.2) is 9.36 Å². The number of thioether (sulfide) groups is 1. The quantitative estimate of drug-likeness (QED) is 0.0394. The predicted molar refractivity (Wildman–Crippen MR) is 165 cm³/mol. The van der Waals surface area contributed by atoms with Gasteiger partial charge in [0.25, 0.3) is 11.6 Å². The highest BCUT2D eigenvalue weighted by Gasteiger charge is 2.56. The number of nitrogens with zero attached hydrogens (tertiary/aromatic N) is 3. The molecule has 2 aliphatic heterocycles. The van der Waals surface area contributed by atoms with E-state index in [0.29, 0.717) is 22.1 Å². The maximum Gasteiger partial charge on any atom is 0.530 e. The zero-order chi connectivity index (χ0) is 32.1. The Bertz CT molecular complexity index is 1700. The van der Waals surface area contributed by atoms with Crippen LogP contribution in [0.4, 0.5) is 5.69 Å². The zero-order valence-corrected chi connectivity index (χ0v) is 26.2. The Morgan fingerprint density at radius 2 is 1.69 bits per heavy atom. The Morgan fingerprint density at radius 3 is 2.33 bits per heavy atom. The number of rotatable bonds is 13. The summed E-state index contributed by atoms with van der Waals surface area (Å²) in [5.41, 5.74) is -0.0353. The lowest BCUT2D eigenvalue weighted by Gasteiger charge is -2.41. The number of nitro benzene ring substituents is 1. The number of halogens is 1. The van der Waals surface area contributed by atoms with Crippen molar-refractivity contribution in [1.29, 1.82) is 0 Å². The number of hydrogen-bond acceptors (Lipinski definition) is 12. The van der Waals surface area contributed by atoms with E-state index >= 15 is 0 Å². The molecule has 5 rings (SSSR count). The number of amides is 1. The van der Waals surface area contributed by atoms with Gasteiger partial charge in [0.05, 0.1) is 12.0 Å². The third kappa shape index (κ3) is 7.59. The van der Waals surface area contributed by atoms with Crippen LogP contribution >= 0.6 is 30.0 Å². The lowest BCUT2D eigenvalue weighted by atomic mass is 10.1. The lowest BCUT2D eigenvalue weighted by molar-refractivity contribution is -0.384. The van der Waals surface area contributed by atoms with Crippen molar-refractivity contribution in [3.63, 3.8) is 0 Å². The SMILES string of the molecule is COc1ccc(OP(=O)(Cl)OC(C)=C(C(=O)OCc2ccc([N+](=O)[O-])cc2)N2C(=O)C3N=C(COc4ccccc4)SC32)cc1. The van der Waals surface area contributed by atoms with Gasteiger partial charge < -0.3 is 23.3 Å². The van der Waals surface area contributed by atoms with Gasteiger partial charge in [-0.2, -0.15) is 0 Å². The Kier molecular flexibility index (Phi) is 9.66. The number of para-hydroxylation sites is 1. The summed E-state index contributed by atoms with van der Waals surface area (Å²) >= 11 is 7.35. The van der Waals surface area contributed by atoms with Crippen LogP contribution in [0.3, 0.4) is 0 Å². The fraction of sp³-hybridized carbons (Fsp3) is 0.207. The van der Waals surface area contributed by atoms with Crippen LogP contribution in [0, 0.1) is 10.1 Å².